The van der Waals surface area contributed by atoms with E-state index in [2.05, 4.69) is 13.2 Å². The Balaban J connectivity index is 3.27. The molecule has 0 saturated heterocycles. The van der Waals surface area contributed by atoms with Crippen LogP contribution in [0, 0.1) is 0 Å². The molecule has 1 rings (SSSR count). The Bertz CT molecular complexity index is 456. The van der Waals surface area contributed by atoms with Crippen LogP contribution in [-0.4, -0.2) is 0 Å². The predicted molar refractivity (Wildman–Crippen MR) is 72.0 cm³/mol. The molecule has 1 heteroatoms. The zero-order valence-electron chi connectivity index (χ0n) is 10.2. The molecule has 1 nitrogen and oxygen atoms in total. The molecule has 0 saturated carbocycles. The third kappa shape index (κ3) is 2.43. The number of hydrogen-bond donors (Lipinski definition) is 0. The molecule has 0 atom stereocenters. The minimum absolute atomic E-state index is 0.800. The average molecular weight is 214 g/mol. The highest BCUT2D eigenvalue weighted by atomic mass is 16.3. The molecule has 16 heavy (non-hydrogen) atoms. The summed E-state index contributed by atoms with van der Waals surface area (Å²) < 4.78 is 5.73. The molecule has 0 N–H and O–H groups in total. The Morgan fingerprint density at radius 1 is 1.38 bits per heavy atom. The fraction of sp³-hybridized carbons (Fsp3) is 0.200. The maximum atomic E-state index is 5.73. The lowest BCUT2D eigenvalue weighted by Gasteiger charge is -2.00. The van der Waals surface area contributed by atoms with Crippen molar-refractivity contribution in [3.05, 3.63) is 54.0 Å². The van der Waals surface area contributed by atoms with Crippen LogP contribution in [0.1, 0.15) is 37.9 Å². The highest BCUT2D eigenvalue weighted by molar-refractivity contribution is 5.77. The van der Waals surface area contributed by atoms with Crippen molar-refractivity contribution in [3.8, 4) is 0 Å². The Hall–Kier alpha value is -1.76. The smallest absolute Gasteiger partial charge is 0.135 e. The van der Waals surface area contributed by atoms with Crippen LogP contribution in [0.15, 0.2) is 41.4 Å². The molecular formula is C15H18O. The van der Waals surface area contributed by atoms with Crippen LogP contribution in [0.3, 0.4) is 0 Å². The van der Waals surface area contributed by atoms with Gasteiger partial charge in [-0.3, -0.25) is 0 Å². The van der Waals surface area contributed by atoms with E-state index >= 15 is 0 Å². The van der Waals surface area contributed by atoms with E-state index in [-0.39, 0.29) is 0 Å². The molecule has 0 spiro atoms. The largest absolute Gasteiger partial charge is 0.456 e. The van der Waals surface area contributed by atoms with E-state index in [1.54, 1.807) is 6.08 Å². The van der Waals surface area contributed by atoms with Crippen molar-refractivity contribution in [2.75, 3.05) is 0 Å². The number of hydrogen-bond acceptors (Lipinski definition) is 1. The van der Waals surface area contributed by atoms with Crippen molar-refractivity contribution >= 4 is 17.7 Å². The Labute approximate surface area is 97.5 Å². The van der Waals surface area contributed by atoms with E-state index in [4.69, 9.17) is 4.42 Å². The molecule has 0 radical (unpaired) electrons. The lowest BCUT2D eigenvalue weighted by Crippen LogP contribution is -1.80. The van der Waals surface area contributed by atoms with E-state index in [9.17, 15) is 0 Å². The number of furan rings is 1. The van der Waals surface area contributed by atoms with Gasteiger partial charge < -0.3 is 4.42 Å². The van der Waals surface area contributed by atoms with Crippen molar-refractivity contribution in [3.63, 3.8) is 0 Å². The fourth-order valence-electron chi connectivity index (χ4n) is 1.62. The standard InChI is InChI=1S/C15H18O/c1-6-9-12-10-15(16-14(12)8-3)13(7-2)11(4)5/h6-10H,3-4H2,1-2,5H3/b9-6-,13-7+. The van der Waals surface area contributed by atoms with Crippen molar-refractivity contribution in [1.82, 2.24) is 0 Å². The maximum Gasteiger partial charge on any atom is 0.135 e. The Morgan fingerprint density at radius 2 is 2.06 bits per heavy atom. The quantitative estimate of drug-likeness (QED) is 0.647. The second kappa shape index (κ2) is 5.36. The van der Waals surface area contributed by atoms with E-state index in [1.165, 1.54) is 0 Å². The van der Waals surface area contributed by atoms with Gasteiger partial charge in [0.1, 0.15) is 11.5 Å². The van der Waals surface area contributed by atoms with Gasteiger partial charge in [-0.2, -0.15) is 0 Å². The second-order valence-electron chi connectivity index (χ2n) is 3.62. The summed E-state index contributed by atoms with van der Waals surface area (Å²) in [4.78, 5) is 0. The molecular weight excluding hydrogens is 196 g/mol. The van der Waals surface area contributed by atoms with Crippen LogP contribution in [0.4, 0.5) is 0 Å². The summed E-state index contributed by atoms with van der Waals surface area (Å²) in [5.74, 6) is 1.65. The second-order valence-corrected chi connectivity index (χ2v) is 3.62. The lowest BCUT2D eigenvalue weighted by atomic mass is 10.1. The Kier molecular flexibility index (Phi) is 4.12. The van der Waals surface area contributed by atoms with E-state index in [0.29, 0.717) is 0 Å². The first-order valence-corrected chi connectivity index (χ1v) is 5.35. The van der Waals surface area contributed by atoms with Crippen molar-refractivity contribution < 1.29 is 4.42 Å². The van der Waals surface area contributed by atoms with Crippen LogP contribution >= 0.6 is 0 Å². The topological polar surface area (TPSA) is 13.1 Å². The summed E-state index contributed by atoms with van der Waals surface area (Å²) in [5, 5.41) is 0. The molecule has 0 bridgehead atoms. The van der Waals surface area contributed by atoms with E-state index in [0.717, 1.165) is 28.2 Å². The SMILES string of the molecule is C=Cc1oc(/C(=C/C)C(=C)C)cc1/C=C\C. The predicted octanol–water partition coefficient (Wildman–Crippen LogP) is 4.94. The van der Waals surface area contributed by atoms with Crippen LogP contribution in [-0.2, 0) is 0 Å². The van der Waals surface area contributed by atoms with Crippen LogP contribution in [0.2, 0.25) is 0 Å². The molecule has 1 heterocycles. The molecule has 1 aromatic rings. The van der Waals surface area contributed by atoms with Gasteiger partial charge in [0.2, 0.25) is 0 Å². The van der Waals surface area contributed by atoms with Gasteiger partial charge in [-0.15, -0.1) is 0 Å². The van der Waals surface area contributed by atoms with Crippen LogP contribution in [0.5, 0.6) is 0 Å². The van der Waals surface area contributed by atoms with Gasteiger partial charge in [-0.25, -0.2) is 0 Å². The first-order valence-electron chi connectivity index (χ1n) is 5.35. The first kappa shape index (κ1) is 12.3. The maximum absolute atomic E-state index is 5.73. The van der Waals surface area contributed by atoms with Crippen LogP contribution in [0.25, 0.3) is 17.7 Å². The van der Waals surface area contributed by atoms with Gasteiger partial charge >= 0.3 is 0 Å². The highest BCUT2D eigenvalue weighted by Gasteiger charge is 2.10. The van der Waals surface area contributed by atoms with Crippen molar-refractivity contribution in [1.29, 1.82) is 0 Å². The third-order valence-electron chi connectivity index (χ3n) is 2.34. The minimum atomic E-state index is 0.800. The fourth-order valence-corrected chi connectivity index (χ4v) is 1.62. The third-order valence-corrected chi connectivity index (χ3v) is 2.34. The molecule has 0 amide bonds. The molecule has 84 valence electrons. The van der Waals surface area contributed by atoms with Crippen molar-refractivity contribution in [2.45, 2.75) is 20.8 Å². The van der Waals surface area contributed by atoms with Crippen molar-refractivity contribution in [2.24, 2.45) is 0 Å². The Morgan fingerprint density at radius 3 is 2.50 bits per heavy atom. The average Bonchev–Trinajstić information content (AvgIpc) is 2.62. The van der Waals surface area contributed by atoms with E-state index < -0.39 is 0 Å². The highest BCUT2D eigenvalue weighted by Crippen LogP contribution is 2.27. The van der Waals surface area contributed by atoms with Gasteiger partial charge in [0.25, 0.3) is 0 Å². The summed E-state index contributed by atoms with van der Waals surface area (Å²) in [5.41, 5.74) is 3.09. The molecule has 0 unspecified atom stereocenters. The normalized spacial score (nSPS) is 12.1. The van der Waals surface area contributed by atoms with Gasteiger partial charge in [0.15, 0.2) is 0 Å². The number of allylic oxidation sites excluding steroid dienone is 4. The summed E-state index contributed by atoms with van der Waals surface area (Å²) in [6.45, 7) is 13.6. The summed E-state index contributed by atoms with van der Waals surface area (Å²) in [7, 11) is 0. The molecule has 0 aliphatic carbocycles. The summed E-state index contributed by atoms with van der Waals surface area (Å²) in [6.07, 6.45) is 7.73. The van der Waals surface area contributed by atoms with Gasteiger partial charge in [-0.1, -0.05) is 31.4 Å². The number of rotatable bonds is 4. The molecule has 0 aliphatic heterocycles. The minimum Gasteiger partial charge on any atom is -0.456 e. The molecule has 0 fully saturated rings. The summed E-state index contributed by atoms with van der Waals surface area (Å²) >= 11 is 0. The zero-order chi connectivity index (χ0) is 12.1. The van der Waals surface area contributed by atoms with Gasteiger partial charge in [-0.05, 0) is 38.5 Å². The van der Waals surface area contributed by atoms with Gasteiger partial charge in [0.05, 0.1) is 0 Å². The monoisotopic (exact) mass is 214 g/mol. The van der Waals surface area contributed by atoms with Gasteiger partial charge in [0, 0.05) is 11.1 Å². The summed E-state index contributed by atoms with van der Waals surface area (Å²) in [6, 6.07) is 2.01. The first-order chi connectivity index (χ1) is 7.63. The lowest BCUT2D eigenvalue weighted by molar-refractivity contribution is 0.543. The zero-order valence-corrected chi connectivity index (χ0v) is 10.2. The van der Waals surface area contributed by atoms with E-state index in [1.807, 2.05) is 45.1 Å². The molecule has 0 aliphatic rings. The van der Waals surface area contributed by atoms with Crippen LogP contribution < -0.4 is 0 Å². The molecule has 0 aromatic carbocycles. The molecule has 1 aromatic heterocycles.